The minimum absolute atomic E-state index is 0.556. The zero-order valence-electron chi connectivity index (χ0n) is 24.5. The van der Waals surface area contributed by atoms with E-state index in [9.17, 15) is 0 Å². The second kappa shape index (κ2) is 9.55. The zero-order chi connectivity index (χ0) is 30.2. The van der Waals surface area contributed by atoms with Crippen molar-refractivity contribution in [2.24, 2.45) is 0 Å². The molecular weight excluding hydrogens is 564 g/mol. The maximum atomic E-state index is 5.40. The molecule has 0 saturated heterocycles. The Kier molecular flexibility index (Phi) is 5.19. The van der Waals surface area contributed by atoms with E-state index in [1.807, 2.05) is 12.1 Å². The van der Waals surface area contributed by atoms with E-state index in [-0.39, 0.29) is 0 Å². The number of pyridine rings is 1. The summed E-state index contributed by atoms with van der Waals surface area (Å²) in [5.41, 5.74) is 9.20. The molecule has 0 unspecified atom stereocenters. The van der Waals surface area contributed by atoms with Gasteiger partial charge in [0, 0.05) is 27.1 Å². The molecule has 0 amide bonds. The van der Waals surface area contributed by atoms with Crippen molar-refractivity contribution >= 4 is 60.2 Å². The molecule has 0 aliphatic rings. The molecule has 10 aromatic rings. The third kappa shape index (κ3) is 3.52. The molecule has 4 aromatic heterocycles. The third-order valence-electron chi connectivity index (χ3n) is 9.05. The zero-order valence-corrected chi connectivity index (χ0v) is 24.5. The maximum Gasteiger partial charge on any atom is 0.238 e. The summed E-state index contributed by atoms with van der Waals surface area (Å²) in [4.78, 5) is 19.9. The molecule has 0 radical (unpaired) electrons. The van der Waals surface area contributed by atoms with Gasteiger partial charge in [-0.15, -0.1) is 0 Å². The lowest BCUT2D eigenvalue weighted by atomic mass is 10.0. The average Bonchev–Trinajstić information content (AvgIpc) is 3.69. The van der Waals surface area contributed by atoms with Crippen LogP contribution in [-0.4, -0.2) is 28.9 Å². The van der Waals surface area contributed by atoms with Crippen LogP contribution in [0.5, 0.6) is 0 Å². The molecule has 4 heterocycles. The largest absolute Gasteiger partial charge is 0.292 e. The highest BCUT2D eigenvalue weighted by atomic mass is 15.2. The van der Waals surface area contributed by atoms with Gasteiger partial charge in [-0.3, -0.25) is 8.97 Å². The minimum atomic E-state index is 0.556. The Hall–Kier alpha value is -6.40. The highest BCUT2D eigenvalue weighted by molar-refractivity contribution is 6.20. The van der Waals surface area contributed by atoms with Crippen LogP contribution >= 0.6 is 0 Å². The smallest absolute Gasteiger partial charge is 0.238 e. The molecule has 6 nitrogen and oxygen atoms in total. The van der Waals surface area contributed by atoms with Crippen molar-refractivity contribution in [2.45, 2.75) is 0 Å². The first-order chi connectivity index (χ1) is 22.8. The molecule has 6 aromatic carbocycles. The van der Waals surface area contributed by atoms with Gasteiger partial charge in [-0.25, -0.2) is 15.0 Å². The van der Waals surface area contributed by atoms with Gasteiger partial charge in [0.1, 0.15) is 17.5 Å². The van der Waals surface area contributed by atoms with Crippen LogP contribution in [-0.2, 0) is 0 Å². The molecular formula is C40H24N6. The first kappa shape index (κ1) is 25.0. The lowest BCUT2D eigenvalue weighted by molar-refractivity contribution is 0.948. The Labute approximate surface area is 262 Å². The van der Waals surface area contributed by atoms with E-state index < -0.39 is 0 Å². The van der Waals surface area contributed by atoms with Crippen molar-refractivity contribution in [3.63, 3.8) is 0 Å². The maximum absolute atomic E-state index is 5.40. The topological polar surface area (TPSA) is 60.9 Å². The predicted molar refractivity (Wildman–Crippen MR) is 186 cm³/mol. The van der Waals surface area contributed by atoms with Gasteiger partial charge >= 0.3 is 0 Å². The van der Waals surface area contributed by atoms with Gasteiger partial charge in [0.15, 0.2) is 5.82 Å². The molecule has 0 saturated carbocycles. The first-order valence-electron chi connectivity index (χ1n) is 15.3. The van der Waals surface area contributed by atoms with Crippen LogP contribution in [0.15, 0.2) is 146 Å². The molecule has 10 rings (SSSR count). The Morgan fingerprint density at radius 3 is 1.96 bits per heavy atom. The van der Waals surface area contributed by atoms with Gasteiger partial charge in [-0.2, -0.15) is 4.98 Å². The minimum Gasteiger partial charge on any atom is -0.292 e. The summed E-state index contributed by atoms with van der Waals surface area (Å²) in [7, 11) is 0. The number of benzene rings is 6. The van der Waals surface area contributed by atoms with Gasteiger partial charge in [0.2, 0.25) is 5.95 Å². The summed E-state index contributed by atoms with van der Waals surface area (Å²) < 4.78 is 4.44. The van der Waals surface area contributed by atoms with Crippen LogP contribution in [0.25, 0.3) is 88.6 Å². The molecule has 46 heavy (non-hydrogen) atoms. The quantitative estimate of drug-likeness (QED) is 0.193. The number of aromatic nitrogens is 6. The molecule has 214 valence electrons. The summed E-state index contributed by atoms with van der Waals surface area (Å²) in [6.45, 7) is 0. The van der Waals surface area contributed by atoms with Crippen LogP contribution in [0.1, 0.15) is 0 Å². The Morgan fingerprint density at radius 2 is 1.11 bits per heavy atom. The SMILES string of the molecule is c1ccc(-c2cccc(-c3ncnc(-n4c5ccccc5c5ccc6c(nc7c8ccccc8c8ccccc8n67)c54)n3)c2)cc1. The summed E-state index contributed by atoms with van der Waals surface area (Å²) in [5, 5.41) is 5.74. The predicted octanol–water partition coefficient (Wildman–Crippen LogP) is 9.41. The van der Waals surface area contributed by atoms with Crippen LogP contribution in [0.2, 0.25) is 0 Å². The van der Waals surface area contributed by atoms with E-state index in [0.717, 1.165) is 66.1 Å². The van der Waals surface area contributed by atoms with Crippen LogP contribution in [0.3, 0.4) is 0 Å². The fourth-order valence-electron chi connectivity index (χ4n) is 7.03. The molecule has 0 fully saturated rings. The lowest BCUT2D eigenvalue weighted by Gasteiger charge is -2.09. The van der Waals surface area contributed by atoms with Crippen molar-refractivity contribution in [1.82, 2.24) is 28.9 Å². The number of para-hydroxylation sites is 2. The van der Waals surface area contributed by atoms with Gasteiger partial charge in [0.05, 0.1) is 22.1 Å². The molecule has 0 aliphatic carbocycles. The Bertz CT molecular complexity index is 2810. The number of nitrogens with zero attached hydrogens (tertiary/aromatic N) is 6. The fraction of sp³-hybridized carbons (Fsp3) is 0. The molecule has 6 heteroatoms. The molecule has 0 bridgehead atoms. The normalized spacial score (nSPS) is 11.9. The fourth-order valence-corrected chi connectivity index (χ4v) is 7.03. The standard InChI is InChI=1S/C40H24N6/c1-2-11-25(12-3-1)26-13-10-14-27(23-26)38-41-24-42-40(44-38)46-34-20-9-7-17-30(34)31-21-22-35-36(37(31)46)43-39-32-18-5-4-15-28(32)29-16-6-8-19-33(29)45(35)39/h1-24H. The lowest BCUT2D eigenvalue weighted by Crippen LogP contribution is -2.03. The monoisotopic (exact) mass is 588 g/mol. The summed E-state index contributed by atoms with van der Waals surface area (Å²) in [6.07, 6.45) is 1.61. The Balaban J connectivity index is 1.28. The molecule has 0 spiro atoms. The molecule has 0 aliphatic heterocycles. The number of rotatable bonds is 3. The van der Waals surface area contributed by atoms with E-state index in [2.05, 4.69) is 141 Å². The summed E-state index contributed by atoms with van der Waals surface area (Å²) in [5.74, 6) is 1.17. The molecule has 0 atom stereocenters. The second-order valence-corrected chi connectivity index (χ2v) is 11.6. The highest BCUT2D eigenvalue weighted by Crippen LogP contribution is 2.39. The first-order valence-corrected chi connectivity index (χ1v) is 15.3. The van der Waals surface area contributed by atoms with Gasteiger partial charge < -0.3 is 0 Å². The van der Waals surface area contributed by atoms with Crippen molar-refractivity contribution in [1.29, 1.82) is 0 Å². The van der Waals surface area contributed by atoms with E-state index in [1.54, 1.807) is 6.33 Å². The van der Waals surface area contributed by atoms with Crippen molar-refractivity contribution < 1.29 is 0 Å². The average molecular weight is 589 g/mol. The van der Waals surface area contributed by atoms with Gasteiger partial charge in [0.25, 0.3) is 0 Å². The van der Waals surface area contributed by atoms with E-state index in [4.69, 9.17) is 15.0 Å². The van der Waals surface area contributed by atoms with Crippen LogP contribution in [0.4, 0.5) is 0 Å². The third-order valence-corrected chi connectivity index (χ3v) is 9.05. The number of imidazole rings is 1. The van der Waals surface area contributed by atoms with Gasteiger partial charge in [-0.05, 0) is 46.8 Å². The van der Waals surface area contributed by atoms with E-state index in [1.165, 1.54) is 10.8 Å². The van der Waals surface area contributed by atoms with Crippen LogP contribution < -0.4 is 0 Å². The summed E-state index contributed by atoms with van der Waals surface area (Å²) in [6, 6.07) is 48.6. The van der Waals surface area contributed by atoms with E-state index in [0.29, 0.717) is 11.8 Å². The van der Waals surface area contributed by atoms with Crippen molar-refractivity contribution in [3.05, 3.63) is 146 Å². The van der Waals surface area contributed by atoms with Crippen LogP contribution in [0, 0.1) is 0 Å². The summed E-state index contributed by atoms with van der Waals surface area (Å²) >= 11 is 0. The molecule has 0 N–H and O–H groups in total. The van der Waals surface area contributed by atoms with Crippen molar-refractivity contribution in [2.75, 3.05) is 0 Å². The van der Waals surface area contributed by atoms with Gasteiger partial charge in [-0.1, -0.05) is 109 Å². The highest BCUT2D eigenvalue weighted by Gasteiger charge is 2.21. The number of fused-ring (bicyclic) bond motifs is 12. The van der Waals surface area contributed by atoms with Crippen molar-refractivity contribution in [3.8, 4) is 28.5 Å². The second-order valence-electron chi connectivity index (χ2n) is 11.6. The Morgan fingerprint density at radius 1 is 0.435 bits per heavy atom. The van der Waals surface area contributed by atoms with E-state index >= 15 is 0 Å². The number of hydrogen-bond acceptors (Lipinski definition) is 4. The number of hydrogen-bond donors (Lipinski definition) is 0.